The second-order valence-electron chi connectivity index (χ2n) is 7.09. The number of aryl methyl sites for hydroxylation is 1. The van der Waals surface area contributed by atoms with E-state index >= 15 is 0 Å². The third-order valence-corrected chi connectivity index (χ3v) is 5.52. The van der Waals surface area contributed by atoms with Crippen molar-refractivity contribution >= 4 is 22.8 Å². The van der Waals surface area contributed by atoms with E-state index in [4.69, 9.17) is 4.98 Å². The summed E-state index contributed by atoms with van der Waals surface area (Å²) in [7, 11) is 1.92. The molecule has 3 rings (SSSR count). The van der Waals surface area contributed by atoms with Crippen LogP contribution in [0.25, 0.3) is 22.2 Å². The molecule has 5 heteroatoms. The Balaban J connectivity index is 2.28. The average molecular weight is 356 g/mol. The molecule has 2 heterocycles. The van der Waals surface area contributed by atoms with Crippen molar-refractivity contribution in [2.45, 2.75) is 38.9 Å². The minimum atomic E-state index is 0.0379. The summed E-state index contributed by atoms with van der Waals surface area (Å²) in [5, 5.41) is 0.810. The first-order valence-corrected chi connectivity index (χ1v) is 9.68. The van der Waals surface area contributed by atoms with Crippen LogP contribution in [0.5, 0.6) is 0 Å². The van der Waals surface area contributed by atoms with E-state index in [0.29, 0.717) is 11.4 Å². The van der Waals surface area contributed by atoms with Gasteiger partial charge in [-0.15, -0.1) is 0 Å². The lowest BCUT2D eigenvalue weighted by Crippen LogP contribution is -2.26. The Morgan fingerprint density at radius 3 is 2.40 bits per heavy atom. The Morgan fingerprint density at radius 1 is 1.12 bits per heavy atom. The summed E-state index contributed by atoms with van der Waals surface area (Å²) in [6.07, 6.45) is 2.01. The average Bonchev–Trinajstić information content (AvgIpc) is 2.90. The molecule has 132 valence electrons. The lowest BCUT2D eigenvalue weighted by molar-refractivity contribution is 0.517. The van der Waals surface area contributed by atoms with E-state index in [1.54, 1.807) is 11.8 Å². The van der Waals surface area contributed by atoms with Crippen molar-refractivity contribution in [3.63, 3.8) is 0 Å². The molecule has 0 fully saturated rings. The largest absolute Gasteiger partial charge is 0.344 e. The molecule has 2 aromatic heterocycles. The lowest BCUT2D eigenvalue weighted by Gasteiger charge is -2.16. The fraction of sp³-hybridized carbons (Fsp3) is 0.400. The predicted octanol–water partition coefficient (Wildman–Crippen LogP) is 4.73. The first kappa shape index (κ1) is 17.8. The van der Waals surface area contributed by atoms with Gasteiger partial charge in [-0.1, -0.05) is 55.9 Å². The molecule has 0 bridgehead atoms. The van der Waals surface area contributed by atoms with Gasteiger partial charge in [-0.25, -0.2) is 4.98 Å². The van der Waals surface area contributed by atoms with Gasteiger partial charge in [0.2, 0.25) is 0 Å². The van der Waals surface area contributed by atoms with Crippen LogP contribution in [0.15, 0.2) is 46.5 Å². The monoisotopic (exact) mass is 355 g/mol. The Hall–Kier alpha value is -2.01. The predicted molar refractivity (Wildman–Crippen MR) is 106 cm³/mol. The molecule has 0 aliphatic heterocycles. The Bertz CT molecular complexity index is 939. The first-order chi connectivity index (χ1) is 11.9. The van der Waals surface area contributed by atoms with Crippen LogP contribution in [0, 0.1) is 5.92 Å². The van der Waals surface area contributed by atoms with Gasteiger partial charge in [0.1, 0.15) is 11.0 Å². The van der Waals surface area contributed by atoms with E-state index in [2.05, 4.69) is 26.0 Å². The summed E-state index contributed by atoms with van der Waals surface area (Å²) >= 11 is 1.67. The third-order valence-electron chi connectivity index (χ3n) is 4.14. The maximum Gasteiger partial charge on any atom is 0.278 e. The van der Waals surface area contributed by atoms with E-state index < -0.39 is 0 Å². The molecule has 4 nitrogen and oxygen atoms in total. The van der Waals surface area contributed by atoms with Gasteiger partial charge >= 0.3 is 0 Å². The molecular weight excluding hydrogens is 330 g/mol. The number of rotatable bonds is 5. The van der Waals surface area contributed by atoms with Crippen molar-refractivity contribution in [2.24, 2.45) is 13.0 Å². The smallest absolute Gasteiger partial charge is 0.278 e. The molecule has 0 saturated carbocycles. The Morgan fingerprint density at radius 2 is 1.80 bits per heavy atom. The molecule has 0 amide bonds. The normalized spacial score (nSPS) is 11.8. The zero-order chi connectivity index (χ0) is 18.1. The molecule has 0 saturated heterocycles. The van der Waals surface area contributed by atoms with Gasteiger partial charge in [-0.3, -0.25) is 9.36 Å². The molecule has 25 heavy (non-hydrogen) atoms. The second kappa shape index (κ2) is 7.08. The maximum absolute atomic E-state index is 13.2. The van der Waals surface area contributed by atoms with Crippen LogP contribution in [0.4, 0.5) is 0 Å². The van der Waals surface area contributed by atoms with E-state index in [-0.39, 0.29) is 11.6 Å². The summed E-state index contributed by atoms with van der Waals surface area (Å²) < 4.78 is 3.73. The van der Waals surface area contributed by atoms with Crippen LogP contribution < -0.4 is 5.56 Å². The SMILES string of the molecule is CC(C)CSc1nc2c(-c3ccccc3)cn(C)c2c(=O)n1C(C)C. The van der Waals surface area contributed by atoms with Crippen LogP contribution in [0.3, 0.4) is 0 Å². The molecule has 0 aliphatic carbocycles. The van der Waals surface area contributed by atoms with Gasteiger partial charge in [0.15, 0.2) is 5.16 Å². The summed E-state index contributed by atoms with van der Waals surface area (Å²) in [6, 6.07) is 10.2. The van der Waals surface area contributed by atoms with Crippen LogP contribution in [0.1, 0.15) is 33.7 Å². The van der Waals surface area contributed by atoms with Crippen molar-refractivity contribution in [1.82, 2.24) is 14.1 Å². The standard InChI is InChI=1S/C20H25N3OS/c1-13(2)12-25-20-21-17-16(15-9-7-6-8-10-15)11-22(5)18(17)19(24)23(20)14(3)4/h6-11,13-14H,12H2,1-5H3. The van der Waals surface area contributed by atoms with E-state index in [1.807, 2.05) is 54.4 Å². The molecule has 0 spiro atoms. The van der Waals surface area contributed by atoms with E-state index in [1.165, 1.54) is 0 Å². The fourth-order valence-corrected chi connectivity index (χ4v) is 4.03. The summed E-state index contributed by atoms with van der Waals surface area (Å²) in [5.41, 5.74) is 3.60. The van der Waals surface area contributed by atoms with Crippen molar-refractivity contribution < 1.29 is 0 Å². The molecule has 0 radical (unpaired) electrons. The van der Waals surface area contributed by atoms with Gasteiger partial charge in [-0.05, 0) is 25.3 Å². The minimum absolute atomic E-state index is 0.0379. The number of thioether (sulfide) groups is 1. The minimum Gasteiger partial charge on any atom is -0.344 e. The van der Waals surface area contributed by atoms with Crippen LogP contribution >= 0.6 is 11.8 Å². The molecule has 0 unspecified atom stereocenters. The zero-order valence-corrected chi connectivity index (χ0v) is 16.3. The van der Waals surface area contributed by atoms with Gasteiger partial charge in [-0.2, -0.15) is 0 Å². The number of aromatic nitrogens is 3. The van der Waals surface area contributed by atoms with Crippen molar-refractivity contribution in [3.05, 3.63) is 46.9 Å². The van der Waals surface area contributed by atoms with Gasteiger partial charge < -0.3 is 4.57 Å². The molecule has 1 aromatic carbocycles. The number of hydrogen-bond donors (Lipinski definition) is 0. The lowest BCUT2D eigenvalue weighted by atomic mass is 10.1. The highest BCUT2D eigenvalue weighted by Gasteiger charge is 2.20. The van der Waals surface area contributed by atoms with E-state index in [9.17, 15) is 4.79 Å². The van der Waals surface area contributed by atoms with Crippen molar-refractivity contribution in [3.8, 4) is 11.1 Å². The molecule has 0 N–H and O–H groups in total. The number of nitrogens with zero attached hydrogens (tertiary/aromatic N) is 3. The number of hydrogen-bond acceptors (Lipinski definition) is 3. The highest BCUT2D eigenvalue weighted by atomic mass is 32.2. The Labute approximate surface area is 152 Å². The summed E-state index contributed by atoms with van der Waals surface area (Å²) in [5.74, 6) is 1.49. The van der Waals surface area contributed by atoms with Crippen LogP contribution in [-0.4, -0.2) is 19.9 Å². The van der Waals surface area contributed by atoms with Gasteiger partial charge in [0.05, 0.1) is 0 Å². The maximum atomic E-state index is 13.2. The van der Waals surface area contributed by atoms with Gasteiger partial charge in [0, 0.05) is 30.6 Å². The van der Waals surface area contributed by atoms with Crippen LogP contribution in [-0.2, 0) is 7.05 Å². The molecule has 3 aromatic rings. The highest BCUT2D eigenvalue weighted by molar-refractivity contribution is 7.99. The molecular formula is C20H25N3OS. The highest BCUT2D eigenvalue weighted by Crippen LogP contribution is 2.30. The number of benzene rings is 1. The number of fused-ring (bicyclic) bond motifs is 1. The third kappa shape index (κ3) is 3.38. The summed E-state index contributed by atoms with van der Waals surface area (Å²) in [4.78, 5) is 18.1. The molecule has 0 aliphatic rings. The first-order valence-electron chi connectivity index (χ1n) is 8.70. The van der Waals surface area contributed by atoms with Gasteiger partial charge in [0.25, 0.3) is 5.56 Å². The molecule has 0 atom stereocenters. The quantitative estimate of drug-likeness (QED) is 0.490. The fourth-order valence-electron chi connectivity index (χ4n) is 2.96. The second-order valence-corrected chi connectivity index (χ2v) is 8.07. The topological polar surface area (TPSA) is 39.8 Å². The Kier molecular flexibility index (Phi) is 5.04. The van der Waals surface area contributed by atoms with Crippen molar-refractivity contribution in [1.29, 1.82) is 0 Å². The summed E-state index contributed by atoms with van der Waals surface area (Å²) in [6.45, 7) is 8.44. The van der Waals surface area contributed by atoms with Crippen LogP contribution in [0.2, 0.25) is 0 Å². The zero-order valence-electron chi connectivity index (χ0n) is 15.5. The van der Waals surface area contributed by atoms with E-state index in [0.717, 1.165) is 27.6 Å². The van der Waals surface area contributed by atoms with Crippen molar-refractivity contribution in [2.75, 3.05) is 5.75 Å².